The number of nitro benzene ring substituents is 1. The number of hydrogen-bond donors (Lipinski definition) is 3. The zero-order valence-corrected chi connectivity index (χ0v) is 11.0. The number of nitro groups is 1. The molecule has 0 fully saturated rings. The first-order chi connectivity index (χ1) is 8.85. The molecule has 0 aliphatic rings. The summed E-state index contributed by atoms with van der Waals surface area (Å²) in [5.74, 6) is 0. The first kappa shape index (κ1) is 15.2. The molecule has 1 aromatic carbocycles. The van der Waals surface area contributed by atoms with E-state index in [2.05, 4.69) is 5.32 Å². The van der Waals surface area contributed by atoms with Crippen molar-refractivity contribution >= 4 is 17.1 Å². The molecule has 0 aromatic heterocycles. The molecule has 106 valence electrons. The van der Waals surface area contributed by atoms with E-state index in [4.69, 9.17) is 10.5 Å². The van der Waals surface area contributed by atoms with E-state index < -0.39 is 10.5 Å². The maximum atomic E-state index is 10.6. The van der Waals surface area contributed by atoms with Crippen molar-refractivity contribution in [3.63, 3.8) is 0 Å². The Bertz CT molecular complexity index is 449. The van der Waals surface area contributed by atoms with Gasteiger partial charge in [0.25, 0.3) is 5.69 Å². The van der Waals surface area contributed by atoms with E-state index in [0.717, 1.165) is 0 Å². The molecule has 0 radical (unpaired) electrons. The lowest BCUT2D eigenvalue weighted by Gasteiger charge is -2.24. The molecular weight excluding hydrogens is 250 g/mol. The monoisotopic (exact) mass is 269 g/mol. The summed E-state index contributed by atoms with van der Waals surface area (Å²) in [6.45, 7) is 2.41. The summed E-state index contributed by atoms with van der Waals surface area (Å²) in [4.78, 5) is 10.1. The second-order valence-electron chi connectivity index (χ2n) is 4.62. The predicted molar refractivity (Wildman–Crippen MR) is 73.1 cm³/mol. The van der Waals surface area contributed by atoms with Crippen LogP contribution in [0.25, 0.3) is 0 Å². The van der Waals surface area contributed by atoms with E-state index in [1.165, 1.54) is 18.2 Å². The highest BCUT2D eigenvalue weighted by atomic mass is 16.6. The van der Waals surface area contributed by atoms with Crippen LogP contribution in [0.4, 0.5) is 17.1 Å². The summed E-state index contributed by atoms with van der Waals surface area (Å²) in [5.41, 5.74) is 5.55. The quantitative estimate of drug-likeness (QED) is 0.392. The zero-order valence-electron chi connectivity index (χ0n) is 11.0. The number of nitrogens with zero attached hydrogens (tertiary/aromatic N) is 1. The van der Waals surface area contributed by atoms with Gasteiger partial charge < -0.3 is 20.9 Å². The Morgan fingerprint density at radius 3 is 2.79 bits per heavy atom. The Labute approximate surface area is 111 Å². The van der Waals surface area contributed by atoms with E-state index >= 15 is 0 Å². The van der Waals surface area contributed by atoms with Gasteiger partial charge in [-0.3, -0.25) is 10.1 Å². The standard InChI is InChI=1S/C12H19N3O4/c1-12(16,5-6-19-2)8-14-11-4-3-9(15(17)18)7-10(11)13/h3-4,7,14,16H,5-6,8,13H2,1-2H3. The molecular formula is C12H19N3O4. The van der Waals surface area contributed by atoms with Crippen molar-refractivity contribution in [2.45, 2.75) is 18.9 Å². The third kappa shape index (κ3) is 4.72. The molecule has 0 saturated heterocycles. The smallest absolute Gasteiger partial charge is 0.271 e. The predicted octanol–water partition coefficient (Wildman–Crippen LogP) is 1.38. The zero-order chi connectivity index (χ0) is 14.5. The second-order valence-corrected chi connectivity index (χ2v) is 4.62. The molecule has 1 aromatic rings. The molecule has 7 heteroatoms. The van der Waals surface area contributed by atoms with Crippen molar-refractivity contribution in [3.05, 3.63) is 28.3 Å². The van der Waals surface area contributed by atoms with Crippen LogP contribution in [0.5, 0.6) is 0 Å². The Morgan fingerprint density at radius 1 is 1.58 bits per heavy atom. The van der Waals surface area contributed by atoms with Crippen molar-refractivity contribution in [3.8, 4) is 0 Å². The maximum absolute atomic E-state index is 10.6. The molecule has 1 unspecified atom stereocenters. The minimum absolute atomic E-state index is 0.0609. The number of hydrogen-bond acceptors (Lipinski definition) is 6. The second kappa shape index (κ2) is 6.35. The van der Waals surface area contributed by atoms with Crippen LogP contribution in [0.2, 0.25) is 0 Å². The number of non-ortho nitro benzene ring substituents is 1. The SMILES string of the molecule is COCCC(C)(O)CNc1ccc([N+](=O)[O-])cc1N. The number of nitrogens with two attached hydrogens (primary N) is 1. The van der Waals surface area contributed by atoms with Crippen LogP contribution < -0.4 is 11.1 Å². The first-order valence-electron chi connectivity index (χ1n) is 5.85. The van der Waals surface area contributed by atoms with Crippen LogP contribution >= 0.6 is 0 Å². The number of nitrogen functional groups attached to an aromatic ring is 1. The van der Waals surface area contributed by atoms with Crippen LogP contribution in [0, 0.1) is 10.1 Å². The lowest BCUT2D eigenvalue weighted by atomic mass is 10.0. The number of aliphatic hydroxyl groups is 1. The third-order valence-electron chi connectivity index (χ3n) is 2.75. The molecule has 0 aliphatic carbocycles. The highest BCUT2D eigenvalue weighted by molar-refractivity contribution is 5.69. The fourth-order valence-corrected chi connectivity index (χ4v) is 1.52. The molecule has 1 rings (SSSR count). The Morgan fingerprint density at radius 2 is 2.26 bits per heavy atom. The van der Waals surface area contributed by atoms with Crippen molar-refractivity contribution < 1.29 is 14.8 Å². The van der Waals surface area contributed by atoms with E-state index in [1.807, 2.05) is 0 Å². The highest BCUT2D eigenvalue weighted by Crippen LogP contribution is 2.24. The van der Waals surface area contributed by atoms with Crippen LogP contribution in [0.1, 0.15) is 13.3 Å². The van der Waals surface area contributed by atoms with Gasteiger partial charge in [-0.1, -0.05) is 0 Å². The fraction of sp³-hybridized carbons (Fsp3) is 0.500. The Kier molecular flexibility index (Phi) is 5.08. The minimum atomic E-state index is -0.940. The summed E-state index contributed by atoms with van der Waals surface area (Å²) in [7, 11) is 1.57. The molecule has 4 N–H and O–H groups in total. The average molecular weight is 269 g/mol. The minimum Gasteiger partial charge on any atom is -0.397 e. The summed E-state index contributed by atoms with van der Waals surface area (Å²) >= 11 is 0. The summed E-state index contributed by atoms with van der Waals surface area (Å²) < 4.78 is 4.91. The number of benzene rings is 1. The topological polar surface area (TPSA) is 111 Å². The normalized spacial score (nSPS) is 13.8. The van der Waals surface area contributed by atoms with Crippen molar-refractivity contribution in [1.82, 2.24) is 0 Å². The van der Waals surface area contributed by atoms with Crippen molar-refractivity contribution in [1.29, 1.82) is 0 Å². The Hall–Kier alpha value is -1.86. The van der Waals surface area contributed by atoms with Gasteiger partial charge in [-0.2, -0.15) is 0 Å². The van der Waals surface area contributed by atoms with E-state index in [9.17, 15) is 15.2 Å². The van der Waals surface area contributed by atoms with Gasteiger partial charge in [0.1, 0.15) is 0 Å². The molecule has 0 spiro atoms. The molecule has 7 nitrogen and oxygen atoms in total. The van der Waals surface area contributed by atoms with Gasteiger partial charge in [-0.05, 0) is 13.0 Å². The third-order valence-corrected chi connectivity index (χ3v) is 2.75. The van der Waals surface area contributed by atoms with E-state index in [-0.39, 0.29) is 17.9 Å². The van der Waals surface area contributed by atoms with Gasteiger partial charge in [-0.15, -0.1) is 0 Å². The molecule has 0 bridgehead atoms. The average Bonchev–Trinajstić information content (AvgIpc) is 2.35. The first-order valence-corrected chi connectivity index (χ1v) is 5.85. The molecule has 0 saturated carbocycles. The summed E-state index contributed by atoms with van der Waals surface area (Å²) in [6.07, 6.45) is 0.476. The van der Waals surface area contributed by atoms with Crippen molar-refractivity contribution in [2.24, 2.45) is 0 Å². The van der Waals surface area contributed by atoms with Gasteiger partial charge in [-0.25, -0.2) is 0 Å². The summed E-state index contributed by atoms with van der Waals surface area (Å²) in [5, 5.41) is 23.6. The molecule has 0 aliphatic heterocycles. The molecule has 0 amide bonds. The highest BCUT2D eigenvalue weighted by Gasteiger charge is 2.20. The van der Waals surface area contributed by atoms with Gasteiger partial charge in [0, 0.05) is 38.8 Å². The molecule has 19 heavy (non-hydrogen) atoms. The molecule has 1 atom stereocenters. The lowest BCUT2D eigenvalue weighted by Crippen LogP contribution is -2.34. The number of nitrogens with one attached hydrogen (secondary N) is 1. The van der Waals surface area contributed by atoms with Crippen molar-refractivity contribution in [2.75, 3.05) is 31.3 Å². The van der Waals surface area contributed by atoms with Gasteiger partial charge in [0.2, 0.25) is 0 Å². The van der Waals surface area contributed by atoms with E-state index in [0.29, 0.717) is 18.7 Å². The largest absolute Gasteiger partial charge is 0.397 e. The Balaban J connectivity index is 2.65. The van der Waals surface area contributed by atoms with Crippen LogP contribution in [0.15, 0.2) is 18.2 Å². The van der Waals surface area contributed by atoms with Gasteiger partial charge in [0.05, 0.1) is 21.9 Å². The van der Waals surface area contributed by atoms with Gasteiger partial charge in [0.15, 0.2) is 0 Å². The van der Waals surface area contributed by atoms with Crippen LogP contribution in [-0.4, -0.2) is 35.9 Å². The number of anilines is 2. The van der Waals surface area contributed by atoms with Gasteiger partial charge >= 0.3 is 0 Å². The molecule has 0 heterocycles. The summed E-state index contributed by atoms with van der Waals surface area (Å²) in [6, 6.07) is 4.18. The number of ether oxygens (including phenoxy) is 1. The number of rotatable bonds is 7. The van der Waals surface area contributed by atoms with Crippen LogP contribution in [0.3, 0.4) is 0 Å². The maximum Gasteiger partial charge on any atom is 0.271 e. The van der Waals surface area contributed by atoms with Crippen LogP contribution in [-0.2, 0) is 4.74 Å². The van der Waals surface area contributed by atoms with E-state index in [1.54, 1.807) is 14.0 Å². The fourth-order valence-electron chi connectivity index (χ4n) is 1.52. The lowest BCUT2D eigenvalue weighted by molar-refractivity contribution is -0.384. The number of methoxy groups -OCH3 is 1.